The Hall–Kier alpha value is -1.88. The Morgan fingerprint density at radius 2 is 1.75 bits per heavy atom. The van der Waals surface area contributed by atoms with E-state index in [0.29, 0.717) is 16.1 Å². The van der Waals surface area contributed by atoms with Crippen LogP contribution in [0.25, 0.3) is 0 Å². The number of aliphatic hydroxyl groups is 1. The van der Waals surface area contributed by atoms with Gasteiger partial charge < -0.3 is 15.2 Å². The predicted molar refractivity (Wildman–Crippen MR) is 74.1 cm³/mol. The third-order valence-corrected chi connectivity index (χ3v) is 3.43. The lowest BCUT2D eigenvalue weighted by Gasteiger charge is -2.14. The van der Waals surface area contributed by atoms with Crippen molar-refractivity contribution < 1.29 is 14.6 Å². The Labute approximate surface area is 120 Å². The maximum Gasteiger partial charge on any atom is 0.253 e. The molecule has 4 nitrogen and oxygen atoms in total. The quantitative estimate of drug-likeness (QED) is 0.894. The van der Waals surface area contributed by atoms with E-state index in [-0.39, 0.29) is 5.91 Å². The van der Waals surface area contributed by atoms with Gasteiger partial charge in [0.2, 0.25) is 0 Å². The van der Waals surface area contributed by atoms with Gasteiger partial charge in [-0.15, -0.1) is 0 Å². The summed E-state index contributed by atoms with van der Waals surface area (Å²) < 4.78 is 5.35. The van der Waals surface area contributed by atoms with Crippen LogP contribution in [0, 0.1) is 0 Å². The van der Waals surface area contributed by atoms with Gasteiger partial charge in [-0.25, -0.2) is 0 Å². The van der Waals surface area contributed by atoms with Crippen LogP contribution in [-0.4, -0.2) is 11.0 Å². The highest BCUT2D eigenvalue weighted by atomic mass is 35.5. The van der Waals surface area contributed by atoms with E-state index in [1.54, 1.807) is 30.3 Å². The molecule has 0 aliphatic carbocycles. The third-order valence-electron chi connectivity index (χ3n) is 3.18. The number of fused-ring (bicyclic) bond motifs is 1. The molecule has 2 aromatic rings. The van der Waals surface area contributed by atoms with Gasteiger partial charge >= 0.3 is 0 Å². The van der Waals surface area contributed by atoms with Gasteiger partial charge in [0.05, 0.1) is 0 Å². The first kappa shape index (κ1) is 13.1. The lowest BCUT2D eigenvalue weighted by atomic mass is 10.1. The van der Waals surface area contributed by atoms with E-state index < -0.39 is 12.5 Å². The van der Waals surface area contributed by atoms with Crippen LogP contribution in [0.3, 0.4) is 0 Å². The smallest absolute Gasteiger partial charge is 0.253 e. The van der Waals surface area contributed by atoms with Crippen LogP contribution in [0.5, 0.6) is 0 Å². The summed E-state index contributed by atoms with van der Waals surface area (Å²) in [4.78, 5) is 12.1. The molecule has 3 rings (SSSR count). The Morgan fingerprint density at radius 1 is 1.10 bits per heavy atom. The second kappa shape index (κ2) is 5.25. The highest BCUT2D eigenvalue weighted by Crippen LogP contribution is 2.35. The Kier molecular flexibility index (Phi) is 3.44. The molecule has 1 aliphatic rings. The molecular formula is C15H12ClNO3. The summed E-state index contributed by atoms with van der Waals surface area (Å²) in [5, 5.41) is 13.1. The van der Waals surface area contributed by atoms with Gasteiger partial charge in [-0.2, -0.15) is 0 Å². The molecule has 1 amide bonds. The van der Waals surface area contributed by atoms with Gasteiger partial charge in [0.15, 0.2) is 12.5 Å². The standard InChI is InChI=1S/C15H12ClNO3/c16-10-7-5-9(6-8-10)13(18)17-14-11-3-1-2-4-12(11)15(19)20-14/h1-8,14-15,19H,(H,17,18). The van der Waals surface area contributed by atoms with Gasteiger partial charge in [-0.1, -0.05) is 35.9 Å². The lowest BCUT2D eigenvalue weighted by molar-refractivity contribution is -0.126. The SMILES string of the molecule is O=C(NC1OC(O)c2ccccc21)c1ccc(Cl)cc1. The number of hydrogen-bond acceptors (Lipinski definition) is 3. The molecule has 2 aromatic carbocycles. The number of ether oxygens (including phenoxy) is 1. The largest absolute Gasteiger partial charge is 0.364 e. The fourth-order valence-electron chi connectivity index (χ4n) is 2.17. The number of benzene rings is 2. The van der Waals surface area contributed by atoms with Crippen molar-refractivity contribution >= 4 is 17.5 Å². The molecule has 5 heteroatoms. The summed E-state index contributed by atoms with van der Waals surface area (Å²) in [7, 11) is 0. The van der Waals surface area contributed by atoms with Crippen molar-refractivity contribution in [2.45, 2.75) is 12.5 Å². The zero-order valence-corrected chi connectivity index (χ0v) is 11.2. The molecule has 2 atom stereocenters. The van der Waals surface area contributed by atoms with E-state index in [9.17, 15) is 9.90 Å². The van der Waals surface area contributed by atoms with E-state index in [2.05, 4.69) is 5.32 Å². The fraction of sp³-hybridized carbons (Fsp3) is 0.133. The van der Waals surface area contributed by atoms with Crippen molar-refractivity contribution in [2.24, 2.45) is 0 Å². The van der Waals surface area contributed by atoms with Gasteiger partial charge in [0.25, 0.3) is 5.91 Å². The molecule has 2 N–H and O–H groups in total. The number of carbonyl (C=O) groups excluding carboxylic acids is 1. The van der Waals surface area contributed by atoms with Crippen LogP contribution in [0.1, 0.15) is 34.0 Å². The highest BCUT2D eigenvalue weighted by molar-refractivity contribution is 6.30. The number of carbonyl (C=O) groups is 1. The topological polar surface area (TPSA) is 58.6 Å². The molecule has 102 valence electrons. The molecule has 0 radical (unpaired) electrons. The Balaban J connectivity index is 1.79. The maximum atomic E-state index is 12.1. The molecule has 0 spiro atoms. The van der Waals surface area contributed by atoms with Gasteiger partial charge in [-0.05, 0) is 24.3 Å². The monoisotopic (exact) mass is 289 g/mol. The van der Waals surface area contributed by atoms with Gasteiger partial charge in [0, 0.05) is 21.7 Å². The zero-order chi connectivity index (χ0) is 14.1. The average molecular weight is 290 g/mol. The highest BCUT2D eigenvalue weighted by Gasteiger charge is 2.31. The maximum absolute atomic E-state index is 12.1. The first-order chi connectivity index (χ1) is 9.65. The molecule has 1 heterocycles. The van der Waals surface area contributed by atoms with E-state index in [1.807, 2.05) is 18.2 Å². The molecule has 0 bridgehead atoms. The second-order valence-corrected chi connectivity index (χ2v) is 4.91. The zero-order valence-electron chi connectivity index (χ0n) is 10.4. The first-order valence-electron chi connectivity index (χ1n) is 6.14. The second-order valence-electron chi connectivity index (χ2n) is 4.48. The number of nitrogens with one attached hydrogen (secondary N) is 1. The van der Waals surface area contributed by atoms with Crippen molar-refractivity contribution in [1.82, 2.24) is 5.32 Å². The summed E-state index contributed by atoms with van der Waals surface area (Å²) in [6.07, 6.45) is -1.66. The molecule has 0 fully saturated rings. The van der Waals surface area contributed by atoms with E-state index in [1.165, 1.54) is 0 Å². The number of rotatable bonds is 2. The van der Waals surface area contributed by atoms with Crippen molar-refractivity contribution in [1.29, 1.82) is 0 Å². The van der Waals surface area contributed by atoms with Gasteiger partial charge in [0.1, 0.15) is 0 Å². The summed E-state index contributed by atoms with van der Waals surface area (Å²) in [5.74, 6) is -0.282. The molecular weight excluding hydrogens is 278 g/mol. The average Bonchev–Trinajstić information content (AvgIpc) is 2.77. The number of aliphatic hydroxyl groups excluding tert-OH is 1. The third kappa shape index (κ3) is 2.41. The minimum absolute atomic E-state index is 0.282. The Bertz CT molecular complexity index is 642. The number of halogens is 1. The fourth-order valence-corrected chi connectivity index (χ4v) is 2.29. The summed E-state index contributed by atoms with van der Waals surface area (Å²) in [6, 6.07) is 13.8. The molecule has 2 unspecified atom stereocenters. The number of hydrogen-bond donors (Lipinski definition) is 2. The molecule has 0 saturated carbocycles. The number of amides is 1. The van der Waals surface area contributed by atoms with Crippen LogP contribution >= 0.6 is 11.6 Å². The molecule has 1 aliphatic heterocycles. The summed E-state index contributed by atoms with van der Waals surface area (Å²) >= 11 is 5.78. The van der Waals surface area contributed by atoms with Crippen LogP contribution < -0.4 is 5.32 Å². The summed E-state index contributed by atoms with van der Waals surface area (Å²) in [5.41, 5.74) is 1.92. The minimum Gasteiger partial charge on any atom is -0.364 e. The van der Waals surface area contributed by atoms with E-state index in [4.69, 9.17) is 16.3 Å². The van der Waals surface area contributed by atoms with Crippen molar-refractivity contribution in [3.8, 4) is 0 Å². The molecule has 0 aromatic heterocycles. The van der Waals surface area contributed by atoms with Crippen LogP contribution in [0.2, 0.25) is 5.02 Å². The van der Waals surface area contributed by atoms with Gasteiger partial charge in [-0.3, -0.25) is 4.79 Å². The normalized spacial score (nSPS) is 20.5. The van der Waals surface area contributed by atoms with Crippen LogP contribution in [0.15, 0.2) is 48.5 Å². The van der Waals surface area contributed by atoms with E-state index in [0.717, 1.165) is 5.56 Å². The van der Waals surface area contributed by atoms with Crippen LogP contribution in [0.4, 0.5) is 0 Å². The van der Waals surface area contributed by atoms with Crippen molar-refractivity contribution in [3.05, 3.63) is 70.2 Å². The predicted octanol–water partition coefficient (Wildman–Crippen LogP) is 2.79. The minimum atomic E-state index is -1.01. The summed E-state index contributed by atoms with van der Waals surface area (Å²) in [6.45, 7) is 0. The van der Waals surface area contributed by atoms with Crippen LogP contribution in [-0.2, 0) is 4.74 Å². The van der Waals surface area contributed by atoms with Crippen molar-refractivity contribution in [3.63, 3.8) is 0 Å². The first-order valence-corrected chi connectivity index (χ1v) is 6.52. The molecule has 0 saturated heterocycles. The Morgan fingerprint density at radius 3 is 2.45 bits per heavy atom. The lowest BCUT2D eigenvalue weighted by Crippen LogP contribution is -2.28. The van der Waals surface area contributed by atoms with Crippen molar-refractivity contribution in [2.75, 3.05) is 0 Å². The van der Waals surface area contributed by atoms with E-state index >= 15 is 0 Å². The molecule has 20 heavy (non-hydrogen) atoms.